The second-order valence-electron chi connectivity index (χ2n) is 5.41. The van der Waals surface area contributed by atoms with Crippen LogP contribution in [0.5, 0.6) is 0 Å². The number of nitrogens with zero attached hydrogens (tertiary/aromatic N) is 3. The van der Waals surface area contributed by atoms with Crippen molar-refractivity contribution in [2.75, 3.05) is 13.1 Å². The first kappa shape index (κ1) is 24.0. The predicted octanol–water partition coefficient (Wildman–Crippen LogP) is 3.56. The number of aliphatic hydroxyl groups excluding tert-OH is 1. The zero-order chi connectivity index (χ0) is 19.3. The Bertz CT molecular complexity index is 765. The summed E-state index contributed by atoms with van der Waals surface area (Å²) >= 11 is 7.10. The van der Waals surface area contributed by atoms with Crippen LogP contribution in [-0.4, -0.2) is 33.9 Å². The standard InChI is InChI=1S/C15H19ClF3N5OS.HI/c1-3-20-14(22-7-10(25)11-4-5-12(16)26-11)21-6-9-8-24(2)23-13(9)15(17,18)19;/h4-5,8,10,25H,3,6-7H2,1-2H3,(H2,20,21,22);1H. The molecule has 0 aliphatic carbocycles. The zero-order valence-electron chi connectivity index (χ0n) is 14.5. The maximum atomic E-state index is 13.0. The Morgan fingerprint density at radius 3 is 2.67 bits per heavy atom. The quantitative estimate of drug-likeness (QED) is 0.299. The van der Waals surface area contributed by atoms with E-state index in [2.05, 4.69) is 20.7 Å². The lowest BCUT2D eigenvalue weighted by molar-refractivity contribution is -0.142. The Hall–Kier alpha value is -1.05. The first-order valence-corrected chi connectivity index (χ1v) is 8.95. The average molecular weight is 538 g/mol. The fourth-order valence-corrected chi connectivity index (χ4v) is 3.25. The first-order valence-electron chi connectivity index (χ1n) is 7.76. The van der Waals surface area contributed by atoms with Crippen LogP contribution in [0.15, 0.2) is 23.3 Å². The lowest BCUT2D eigenvalue weighted by Gasteiger charge is -2.14. The molecule has 0 radical (unpaired) electrons. The molecule has 2 aromatic heterocycles. The molecule has 3 N–H and O–H groups in total. The summed E-state index contributed by atoms with van der Waals surface area (Å²) < 4.78 is 40.6. The molecule has 0 aromatic carbocycles. The number of hydrogen-bond acceptors (Lipinski definition) is 4. The summed E-state index contributed by atoms with van der Waals surface area (Å²) in [6.07, 6.45) is -4.05. The van der Waals surface area contributed by atoms with Crippen LogP contribution in [0.2, 0.25) is 4.34 Å². The van der Waals surface area contributed by atoms with Crippen molar-refractivity contribution in [1.29, 1.82) is 0 Å². The fourth-order valence-electron chi connectivity index (χ4n) is 2.20. The summed E-state index contributed by atoms with van der Waals surface area (Å²) in [5.41, 5.74) is -0.976. The normalized spacial score (nSPS) is 13.2. The number of aromatic nitrogens is 2. The third kappa shape index (κ3) is 7.12. The molecule has 0 amide bonds. The van der Waals surface area contributed by atoms with E-state index in [4.69, 9.17) is 11.6 Å². The fraction of sp³-hybridized carbons (Fsp3) is 0.467. The summed E-state index contributed by atoms with van der Waals surface area (Å²) in [5, 5.41) is 19.4. The van der Waals surface area contributed by atoms with Crippen LogP contribution in [-0.2, 0) is 19.8 Å². The highest BCUT2D eigenvalue weighted by Crippen LogP contribution is 2.31. The number of aliphatic hydroxyl groups is 1. The smallest absolute Gasteiger partial charge is 0.386 e. The van der Waals surface area contributed by atoms with E-state index >= 15 is 0 Å². The minimum Gasteiger partial charge on any atom is -0.386 e. The predicted molar refractivity (Wildman–Crippen MR) is 111 cm³/mol. The van der Waals surface area contributed by atoms with Gasteiger partial charge in [0.25, 0.3) is 0 Å². The molecule has 1 unspecified atom stereocenters. The Balaban J connectivity index is 0.00000364. The molecule has 0 aliphatic rings. The van der Waals surface area contributed by atoms with Crippen LogP contribution < -0.4 is 10.6 Å². The summed E-state index contributed by atoms with van der Waals surface area (Å²) in [5.74, 6) is 0.297. The maximum Gasteiger partial charge on any atom is 0.435 e. The highest BCUT2D eigenvalue weighted by Gasteiger charge is 2.36. The lowest BCUT2D eigenvalue weighted by Crippen LogP contribution is -2.39. The molecular weight excluding hydrogens is 518 g/mol. The van der Waals surface area contributed by atoms with Gasteiger partial charge in [0.05, 0.1) is 10.9 Å². The highest BCUT2D eigenvalue weighted by molar-refractivity contribution is 14.0. The number of thiophene rings is 1. The van der Waals surface area contributed by atoms with E-state index in [0.717, 1.165) is 4.68 Å². The van der Waals surface area contributed by atoms with Gasteiger partial charge < -0.3 is 15.7 Å². The summed E-state index contributed by atoms with van der Waals surface area (Å²) in [7, 11) is 1.43. The van der Waals surface area contributed by atoms with E-state index in [0.29, 0.717) is 21.7 Å². The SMILES string of the molecule is CCNC(=NCc1cn(C)nc1C(F)(F)F)NCC(O)c1ccc(Cl)s1.I. The lowest BCUT2D eigenvalue weighted by atomic mass is 10.2. The van der Waals surface area contributed by atoms with Crippen molar-refractivity contribution < 1.29 is 18.3 Å². The van der Waals surface area contributed by atoms with Gasteiger partial charge in [-0.15, -0.1) is 35.3 Å². The van der Waals surface area contributed by atoms with Crippen molar-refractivity contribution in [2.45, 2.75) is 25.7 Å². The minimum atomic E-state index is -4.54. The molecule has 0 spiro atoms. The molecule has 152 valence electrons. The van der Waals surface area contributed by atoms with Crippen LogP contribution in [0.1, 0.15) is 29.2 Å². The van der Waals surface area contributed by atoms with Gasteiger partial charge in [0.15, 0.2) is 11.7 Å². The van der Waals surface area contributed by atoms with Gasteiger partial charge in [0, 0.05) is 36.8 Å². The monoisotopic (exact) mass is 537 g/mol. The van der Waals surface area contributed by atoms with Crippen LogP contribution >= 0.6 is 46.9 Å². The van der Waals surface area contributed by atoms with Crippen molar-refractivity contribution in [3.05, 3.63) is 38.8 Å². The molecule has 12 heteroatoms. The molecule has 27 heavy (non-hydrogen) atoms. The van der Waals surface area contributed by atoms with Gasteiger partial charge >= 0.3 is 6.18 Å². The van der Waals surface area contributed by atoms with E-state index in [1.807, 2.05) is 6.92 Å². The number of nitrogens with one attached hydrogen (secondary N) is 2. The highest BCUT2D eigenvalue weighted by atomic mass is 127. The molecule has 6 nitrogen and oxygen atoms in total. The van der Waals surface area contributed by atoms with E-state index in [9.17, 15) is 18.3 Å². The van der Waals surface area contributed by atoms with Gasteiger partial charge in [-0.2, -0.15) is 18.3 Å². The summed E-state index contributed by atoms with van der Waals surface area (Å²) in [6, 6.07) is 3.40. The molecule has 2 aromatic rings. The number of aliphatic imine (C=N–C) groups is 1. The number of guanidine groups is 1. The van der Waals surface area contributed by atoms with Crippen LogP contribution in [0.25, 0.3) is 0 Å². The molecule has 0 fully saturated rings. The number of hydrogen-bond donors (Lipinski definition) is 3. The van der Waals surface area contributed by atoms with E-state index in [1.165, 1.54) is 24.6 Å². The maximum absolute atomic E-state index is 13.0. The van der Waals surface area contributed by atoms with Gasteiger partial charge in [-0.25, -0.2) is 4.99 Å². The van der Waals surface area contributed by atoms with Crippen LogP contribution in [0.4, 0.5) is 13.2 Å². The first-order chi connectivity index (χ1) is 12.2. The molecule has 2 rings (SSSR count). The molecule has 0 saturated carbocycles. The molecule has 0 saturated heterocycles. The van der Waals surface area contributed by atoms with Crippen molar-refractivity contribution in [3.8, 4) is 0 Å². The third-order valence-electron chi connectivity index (χ3n) is 3.31. The Labute approximate surface area is 180 Å². The second kappa shape index (κ2) is 10.5. The Kier molecular flexibility index (Phi) is 9.31. The van der Waals surface area contributed by atoms with Crippen molar-refractivity contribution in [2.24, 2.45) is 12.0 Å². The second-order valence-corrected chi connectivity index (χ2v) is 7.15. The molecular formula is C15H20ClF3IN5OS. The summed E-state index contributed by atoms with van der Waals surface area (Å²) in [4.78, 5) is 4.83. The number of aryl methyl sites for hydroxylation is 1. The Morgan fingerprint density at radius 1 is 1.41 bits per heavy atom. The molecule has 1 atom stereocenters. The Morgan fingerprint density at radius 2 is 2.11 bits per heavy atom. The largest absolute Gasteiger partial charge is 0.435 e. The van der Waals surface area contributed by atoms with E-state index < -0.39 is 18.0 Å². The van der Waals surface area contributed by atoms with E-state index in [-0.39, 0.29) is 42.6 Å². The van der Waals surface area contributed by atoms with Crippen molar-refractivity contribution >= 4 is 52.9 Å². The van der Waals surface area contributed by atoms with Gasteiger partial charge in [0.2, 0.25) is 0 Å². The van der Waals surface area contributed by atoms with Gasteiger partial charge in [-0.05, 0) is 19.1 Å². The van der Waals surface area contributed by atoms with Crippen LogP contribution in [0.3, 0.4) is 0 Å². The minimum absolute atomic E-state index is 0. The van der Waals surface area contributed by atoms with Crippen molar-refractivity contribution in [1.82, 2.24) is 20.4 Å². The third-order valence-corrected chi connectivity index (χ3v) is 4.64. The van der Waals surface area contributed by atoms with Gasteiger partial charge in [0.1, 0.15) is 6.10 Å². The molecule has 2 heterocycles. The number of alkyl halides is 3. The van der Waals surface area contributed by atoms with Crippen molar-refractivity contribution in [3.63, 3.8) is 0 Å². The number of halogens is 5. The van der Waals surface area contributed by atoms with E-state index in [1.54, 1.807) is 12.1 Å². The van der Waals surface area contributed by atoms with Crippen LogP contribution in [0, 0.1) is 0 Å². The van der Waals surface area contributed by atoms with Gasteiger partial charge in [-0.1, -0.05) is 11.6 Å². The molecule has 0 bridgehead atoms. The summed E-state index contributed by atoms with van der Waals surface area (Å²) in [6.45, 7) is 2.30. The average Bonchev–Trinajstić information content (AvgIpc) is 3.15. The topological polar surface area (TPSA) is 74.5 Å². The van der Waals surface area contributed by atoms with Gasteiger partial charge in [-0.3, -0.25) is 4.68 Å². The number of rotatable bonds is 6. The molecule has 0 aliphatic heterocycles. The zero-order valence-corrected chi connectivity index (χ0v) is 18.5.